The summed E-state index contributed by atoms with van der Waals surface area (Å²) < 4.78 is 0. The van der Waals surface area contributed by atoms with Gasteiger partial charge in [0.1, 0.15) is 0 Å². The number of hydrogen-bond acceptors (Lipinski definition) is 2. The van der Waals surface area contributed by atoms with Crippen LogP contribution in [0.15, 0.2) is 42.5 Å². The van der Waals surface area contributed by atoms with E-state index in [-0.39, 0.29) is 18.3 Å². The van der Waals surface area contributed by atoms with E-state index in [2.05, 4.69) is 47.0 Å². The van der Waals surface area contributed by atoms with Crippen LogP contribution in [0.4, 0.5) is 0 Å². The molecule has 20 heavy (non-hydrogen) atoms. The van der Waals surface area contributed by atoms with Gasteiger partial charge in [-0.3, -0.25) is 4.79 Å². The quantitative estimate of drug-likeness (QED) is 0.859. The number of nitrogens with one attached hydrogen (secondary N) is 2. The zero-order valence-electron chi connectivity index (χ0n) is 11.7. The molecule has 2 rings (SSSR count). The number of halogens is 1. The molecule has 0 aliphatic heterocycles. The van der Waals surface area contributed by atoms with Crippen LogP contribution < -0.4 is 10.6 Å². The second-order valence-electron chi connectivity index (χ2n) is 4.59. The fraction of sp³-hybridized carbons (Fsp3) is 0.312. The number of carbonyl (C=O) groups excluding carboxylic acids is 1. The van der Waals surface area contributed by atoms with E-state index in [1.807, 2.05) is 13.1 Å². The first kappa shape index (κ1) is 16.5. The summed E-state index contributed by atoms with van der Waals surface area (Å²) in [6.07, 6.45) is 1.40. The predicted molar refractivity (Wildman–Crippen MR) is 86.5 cm³/mol. The van der Waals surface area contributed by atoms with Crippen molar-refractivity contribution in [3.05, 3.63) is 48.0 Å². The Bertz CT molecular complexity index is 552. The molecule has 0 spiro atoms. The zero-order valence-corrected chi connectivity index (χ0v) is 12.5. The SMILES string of the molecule is CNCCC(=O)NCCc1cccc2ccccc12.Cl. The fourth-order valence-electron chi connectivity index (χ4n) is 2.17. The lowest BCUT2D eigenvalue weighted by Crippen LogP contribution is -2.28. The zero-order chi connectivity index (χ0) is 13.5. The Balaban J connectivity index is 0.00000200. The van der Waals surface area contributed by atoms with Gasteiger partial charge in [-0.2, -0.15) is 0 Å². The topological polar surface area (TPSA) is 41.1 Å². The molecule has 0 radical (unpaired) electrons. The Morgan fingerprint density at radius 3 is 2.60 bits per heavy atom. The molecule has 2 aromatic carbocycles. The molecule has 3 nitrogen and oxygen atoms in total. The van der Waals surface area contributed by atoms with Crippen LogP contribution in [0.1, 0.15) is 12.0 Å². The molecule has 0 fully saturated rings. The van der Waals surface area contributed by atoms with Crippen LogP contribution in [0, 0.1) is 0 Å². The second-order valence-corrected chi connectivity index (χ2v) is 4.59. The normalized spacial score (nSPS) is 10.1. The third kappa shape index (κ3) is 4.51. The summed E-state index contributed by atoms with van der Waals surface area (Å²) in [5, 5.41) is 8.45. The van der Waals surface area contributed by atoms with E-state index >= 15 is 0 Å². The average Bonchev–Trinajstić information content (AvgIpc) is 2.45. The highest BCUT2D eigenvalue weighted by atomic mass is 35.5. The van der Waals surface area contributed by atoms with Crippen molar-refractivity contribution in [2.24, 2.45) is 0 Å². The van der Waals surface area contributed by atoms with E-state index in [0.29, 0.717) is 13.0 Å². The molecule has 2 aromatic rings. The smallest absolute Gasteiger partial charge is 0.221 e. The lowest BCUT2D eigenvalue weighted by Gasteiger charge is -2.08. The highest BCUT2D eigenvalue weighted by Crippen LogP contribution is 2.18. The first-order chi connectivity index (χ1) is 9.31. The summed E-state index contributed by atoms with van der Waals surface area (Å²) in [4.78, 5) is 11.5. The van der Waals surface area contributed by atoms with E-state index in [9.17, 15) is 4.79 Å². The number of amides is 1. The van der Waals surface area contributed by atoms with Crippen molar-refractivity contribution in [3.63, 3.8) is 0 Å². The van der Waals surface area contributed by atoms with Gasteiger partial charge in [0.15, 0.2) is 0 Å². The van der Waals surface area contributed by atoms with Gasteiger partial charge in [-0.1, -0.05) is 42.5 Å². The molecule has 4 heteroatoms. The summed E-state index contributed by atoms with van der Waals surface area (Å²) in [6.45, 7) is 1.41. The highest BCUT2D eigenvalue weighted by Gasteiger charge is 2.02. The van der Waals surface area contributed by atoms with Crippen molar-refractivity contribution >= 4 is 29.1 Å². The minimum atomic E-state index is 0. The maximum atomic E-state index is 11.5. The molecule has 0 heterocycles. The summed E-state index contributed by atoms with van der Waals surface area (Å²) >= 11 is 0. The molecule has 0 aromatic heterocycles. The summed E-state index contributed by atoms with van der Waals surface area (Å²) in [6, 6.07) is 14.7. The van der Waals surface area contributed by atoms with Crippen molar-refractivity contribution in [2.75, 3.05) is 20.1 Å². The standard InChI is InChI=1S/C16H20N2O.ClH/c1-17-11-10-16(19)18-12-9-14-7-4-6-13-5-2-3-8-15(13)14;/h2-8,17H,9-12H2,1H3,(H,18,19);1H. The molecule has 0 saturated carbocycles. The third-order valence-electron chi connectivity index (χ3n) is 3.20. The molecule has 0 aliphatic carbocycles. The highest BCUT2D eigenvalue weighted by molar-refractivity contribution is 5.86. The lowest BCUT2D eigenvalue weighted by molar-refractivity contribution is -0.120. The third-order valence-corrected chi connectivity index (χ3v) is 3.20. The Morgan fingerprint density at radius 1 is 1.05 bits per heavy atom. The van der Waals surface area contributed by atoms with Gasteiger partial charge < -0.3 is 10.6 Å². The molecule has 0 atom stereocenters. The van der Waals surface area contributed by atoms with Gasteiger partial charge in [0.05, 0.1) is 0 Å². The molecular weight excluding hydrogens is 272 g/mol. The van der Waals surface area contributed by atoms with Crippen molar-refractivity contribution in [1.29, 1.82) is 0 Å². The van der Waals surface area contributed by atoms with Crippen LogP contribution in [0.25, 0.3) is 10.8 Å². The molecule has 1 amide bonds. The van der Waals surface area contributed by atoms with Crippen LogP contribution in [-0.4, -0.2) is 26.0 Å². The summed E-state index contributed by atoms with van der Waals surface area (Å²) in [5.74, 6) is 0.106. The van der Waals surface area contributed by atoms with Crippen molar-refractivity contribution in [3.8, 4) is 0 Å². The molecule has 2 N–H and O–H groups in total. The Hall–Kier alpha value is -1.58. The van der Waals surface area contributed by atoms with Crippen LogP contribution >= 0.6 is 12.4 Å². The number of carbonyl (C=O) groups is 1. The van der Waals surface area contributed by atoms with Crippen LogP contribution in [0.5, 0.6) is 0 Å². The largest absolute Gasteiger partial charge is 0.356 e. The number of hydrogen-bond donors (Lipinski definition) is 2. The Kier molecular flexibility index (Phi) is 7.05. The predicted octanol–water partition coefficient (Wildman–Crippen LogP) is 2.53. The molecular formula is C16H21ClN2O. The minimum absolute atomic E-state index is 0. The van der Waals surface area contributed by atoms with Crippen molar-refractivity contribution < 1.29 is 4.79 Å². The average molecular weight is 293 g/mol. The minimum Gasteiger partial charge on any atom is -0.356 e. The van der Waals surface area contributed by atoms with Gasteiger partial charge in [0, 0.05) is 19.5 Å². The number of benzene rings is 2. The Labute approximate surface area is 126 Å². The monoisotopic (exact) mass is 292 g/mol. The van der Waals surface area contributed by atoms with Crippen LogP contribution in [0.3, 0.4) is 0 Å². The van der Waals surface area contributed by atoms with E-state index in [4.69, 9.17) is 0 Å². The van der Waals surface area contributed by atoms with Crippen LogP contribution in [-0.2, 0) is 11.2 Å². The fourth-order valence-corrected chi connectivity index (χ4v) is 2.17. The first-order valence-electron chi connectivity index (χ1n) is 6.69. The van der Waals surface area contributed by atoms with Crippen molar-refractivity contribution in [2.45, 2.75) is 12.8 Å². The Morgan fingerprint density at radius 2 is 1.80 bits per heavy atom. The van der Waals surface area contributed by atoms with Gasteiger partial charge >= 0.3 is 0 Å². The molecule has 0 unspecified atom stereocenters. The number of rotatable bonds is 6. The van der Waals surface area contributed by atoms with Gasteiger partial charge in [-0.15, -0.1) is 12.4 Å². The van der Waals surface area contributed by atoms with E-state index in [1.54, 1.807) is 0 Å². The molecule has 0 aliphatic rings. The van der Waals surface area contributed by atoms with Gasteiger partial charge in [0.2, 0.25) is 5.91 Å². The van der Waals surface area contributed by atoms with Gasteiger partial charge in [-0.05, 0) is 29.8 Å². The van der Waals surface area contributed by atoms with Crippen molar-refractivity contribution in [1.82, 2.24) is 10.6 Å². The van der Waals surface area contributed by atoms with E-state index in [1.165, 1.54) is 16.3 Å². The lowest BCUT2D eigenvalue weighted by atomic mass is 10.0. The summed E-state index contributed by atoms with van der Waals surface area (Å²) in [5.41, 5.74) is 1.28. The van der Waals surface area contributed by atoms with E-state index in [0.717, 1.165) is 13.0 Å². The molecule has 108 valence electrons. The first-order valence-corrected chi connectivity index (χ1v) is 6.69. The second kappa shape index (κ2) is 8.56. The van der Waals surface area contributed by atoms with Gasteiger partial charge in [0.25, 0.3) is 0 Å². The summed E-state index contributed by atoms with van der Waals surface area (Å²) in [7, 11) is 1.85. The molecule has 0 saturated heterocycles. The van der Waals surface area contributed by atoms with E-state index < -0.39 is 0 Å². The number of fused-ring (bicyclic) bond motifs is 1. The van der Waals surface area contributed by atoms with Crippen LogP contribution in [0.2, 0.25) is 0 Å². The maximum absolute atomic E-state index is 11.5. The van der Waals surface area contributed by atoms with Gasteiger partial charge in [-0.25, -0.2) is 0 Å². The maximum Gasteiger partial charge on any atom is 0.221 e. The molecule has 0 bridgehead atoms.